The fraction of sp³-hybridized carbons (Fsp3) is 0.118. The first kappa shape index (κ1) is 19.3. The van der Waals surface area contributed by atoms with Crippen molar-refractivity contribution in [2.45, 2.75) is 4.90 Å². The van der Waals surface area contributed by atoms with Crippen molar-refractivity contribution in [2.75, 3.05) is 14.1 Å². The third-order valence-electron chi connectivity index (χ3n) is 3.40. The highest BCUT2D eigenvalue weighted by molar-refractivity contribution is 7.89. The number of hydrogen-bond donors (Lipinski definition) is 2. The zero-order valence-corrected chi connectivity index (χ0v) is 15.0. The van der Waals surface area contributed by atoms with Gasteiger partial charge in [-0.05, 0) is 18.2 Å². The molecule has 2 aromatic carbocycles. The Bertz CT molecular complexity index is 938. The summed E-state index contributed by atoms with van der Waals surface area (Å²) in [6.45, 7) is 0. The van der Waals surface area contributed by atoms with E-state index >= 15 is 0 Å². The molecule has 9 heteroatoms. The number of hydrazone groups is 1. The van der Waals surface area contributed by atoms with Gasteiger partial charge in [0.1, 0.15) is 5.71 Å². The normalized spacial score (nSPS) is 12.5. The Morgan fingerprint density at radius 2 is 1.73 bits per heavy atom. The van der Waals surface area contributed by atoms with Crippen LogP contribution in [0.25, 0.3) is 0 Å². The first-order chi connectivity index (χ1) is 12.4. The fourth-order valence-corrected chi connectivity index (χ4v) is 2.96. The van der Waals surface area contributed by atoms with Crippen molar-refractivity contribution in [1.29, 1.82) is 0 Å². The van der Waals surface area contributed by atoms with Gasteiger partial charge in [-0.2, -0.15) is 5.10 Å². The molecule has 0 fully saturated rings. The summed E-state index contributed by atoms with van der Waals surface area (Å²) >= 11 is 0. The van der Waals surface area contributed by atoms with Crippen molar-refractivity contribution in [2.24, 2.45) is 10.3 Å². The first-order valence-electron chi connectivity index (χ1n) is 7.49. The SMILES string of the molecule is CN(C)S(=O)(=O)c1cccc(C(=O)N/N=C(/C=N\O)c2ccccc2)c1. The first-order valence-corrected chi connectivity index (χ1v) is 8.93. The summed E-state index contributed by atoms with van der Waals surface area (Å²) in [7, 11) is -0.834. The zero-order chi connectivity index (χ0) is 19.2. The van der Waals surface area contributed by atoms with E-state index in [1.165, 1.54) is 38.4 Å². The predicted octanol–water partition coefficient (Wildman–Crippen LogP) is 1.53. The highest BCUT2D eigenvalue weighted by atomic mass is 32.2. The van der Waals surface area contributed by atoms with Gasteiger partial charge in [-0.1, -0.05) is 41.6 Å². The van der Waals surface area contributed by atoms with E-state index in [1.807, 2.05) is 6.07 Å². The molecule has 0 spiro atoms. The van der Waals surface area contributed by atoms with Crippen LogP contribution in [0.2, 0.25) is 0 Å². The molecule has 8 nitrogen and oxygen atoms in total. The number of hydrogen-bond acceptors (Lipinski definition) is 6. The van der Waals surface area contributed by atoms with Crippen LogP contribution < -0.4 is 5.43 Å². The van der Waals surface area contributed by atoms with E-state index in [0.29, 0.717) is 5.56 Å². The van der Waals surface area contributed by atoms with Crippen molar-refractivity contribution < 1.29 is 18.4 Å². The second kappa shape index (κ2) is 8.37. The van der Waals surface area contributed by atoms with Crippen LogP contribution in [0, 0.1) is 0 Å². The molecule has 0 heterocycles. The molecule has 0 radical (unpaired) electrons. The molecule has 0 saturated heterocycles. The molecule has 1 amide bonds. The Morgan fingerprint density at radius 1 is 1.08 bits per heavy atom. The largest absolute Gasteiger partial charge is 0.411 e. The number of amides is 1. The summed E-state index contributed by atoms with van der Waals surface area (Å²) in [4.78, 5) is 12.3. The van der Waals surface area contributed by atoms with Gasteiger partial charge >= 0.3 is 0 Å². The Balaban J connectivity index is 2.27. The summed E-state index contributed by atoms with van der Waals surface area (Å²) in [6, 6.07) is 14.4. The van der Waals surface area contributed by atoms with Gasteiger partial charge < -0.3 is 5.21 Å². The number of sulfonamides is 1. The van der Waals surface area contributed by atoms with Crippen LogP contribution in [0.3, 0.4) is 0 Å². The maximum absolute atomic E-state index is 12.3. The van der Waals surface area contributed by atoms with Gasteiger partial charge in [0.2, 0.25) is 10.0 Å². The lowest BCUT2D eigenvalue weighted by atomic mass is 10.1. The third-order valence-corrected chi connectivity index (χ3v) is 5.21. The molecule has 2 aromatic rings. The molecule has 0 aromatic heterocycles. The van der Waals surface area contributed by atoms with Crippen molar-refractivity contribution >= 4 is 27.9 Å². The summed E-state index contributed by atoms with van der Waals surface area (Å²) < 4.78 is 25.4. The van der Waals surface area contributed by atoms with Crippen molar-refractivity contribution in [3.63, 3.8) is 0 Å². The summed E-state index contributed by atoms with van der Waals surface area (Å²) in [5, 5.41) is 15.6. The van der Waals surface area contributed by atoms with E-state index < -0.39 is 15.9 Å². The van der Waals surface area contributed by atoms with E-state index in [-0.39, 0.29) is 16.2 Å². The van der Waals surface area contributed by atoms with Crippen LogP contribution in [-0.2, 0) is 10.0 Å². The van der Waals surface area contributed by atoms with Crippen LogP contribution >= 0.6 is 0 Å². The van der Waals surface area contributed by atoms with Crippen LogP contribution in [0.4, 0.5) is 0 Å². The smallest absolute Gasteiger partial charge is 0.271 e. The molecule has 0 aliphatic carbocycles. The minimum Gasteiger partial charge on any atom is -0.411 e. The van der Waals surface area contributed by atoms with Crippen molar-refractivity contribution in [3.8, 4) is 0 Å². The Hall–Kier alpha value is -3.04. The van der Waals surface area contributed by atoms with Gasteiger partial charge in [0.25, 0.3) is 5.91 Å². The zero-order valence-electron chi connectivity index (χ0n) is 14.2. The quantitative estimate of drug-likeness (QED) is 0.454. The highest BCUT2D eigenvalue weighted by Crippen LogP contribution is 2.14. The van der Waals surface area contributed by atoms with Gasteiger partial charge in [-0.25, -0.2) is 18.1 Å². The van der Waals surface area contributed by atoms with E-state index in [2.05, 4.69) is 15.7 Å². The Morgan fingerprint density at radius 3 is 2.35 bits per heavy atom. The number of oxime groups is 1. The summed E-state index contributed by atoms with van der Waals surface area (Å²) in [6.07, 6.45) is 1.09. The molecular weight excluding hydrogens is 356 g/mol. The van der Waals surface area contributed by atoms with Gasteiger partial charge in [-0.15, -0.1) is 0 Å². The van der Waals surface area contributed by atoms with Gasteiger partial charge in [-0.3, -0.25) is 4.79 Å². The van der Waals surface area contributed by atoms with Gasteiger partial charge in [0.15, 0.2) is 0 Å². The summed E-state index contributed by atoms with van der Waals surface area (Å²) in [5.74, 6) is -0.597. The number of carbonyl (C=O) groups is 1. The lowest BCUT2D eigenvalue weighted by Crippen LogP contribution is -2.24. The molecule has 0 unspecified atom stereocenters. The van der Waals surface area contributed by atoms with Gasteiger partial charge in [0.05, 0.1) is 11.1 Å². The molecular formula is C17H18N4O4S. The van der Waals surface area contributed by atoms with Crippen LogP contribution in [0.1, 0.15) is 15.9 Å². The third kappa shape index (κ3) is 4.52. The molecule has 0 saturated carbocycles. The average molecular weight is 374 g/mol. The number of nitrogens with one attached hydrogen (secondary N) is 1. The fourth-order valence-electron chi connectivity index (χ4n) is 2.02. The van der Waals surface area contributed by atoms with Crippen LogP contribution in [-0.4, -0.2) is 49.9 Å². The maximum Gasteiger partial charge on any atom is 0.271 e. The van der Waals surface area contributed by atoms with E-state index in [0.717, 1.165) is 10.5 Å². The molecule has 0 bridgehead atoms. The topological polar surface area (TPSA) is 111 Å². The minimum atomic E-state index is -3.65. The molecule has 2 rings (SSSR count). The maximum atomic E-state index is 12.3. The second-order valence-corrected chi connectivity index (χ2v) is 7.52. The van der Waals surface area contributed by atoms with E-state index in [4.69, 9.17) is 5.21 Å². The summed E-state index contributed by atoms with van der Waals surface area (Å²) in [5.41, 5.74) is 3.33. The molecule has 0 aliphatic heterocycles. The van der Waals surface area contributed by atoms with Gasteiger partial charge in [0, 0.05) is 25.2 Å². The van der Waals surface area contributed by atoms with Crippen LogP contribution in [0.5, 0.6) is 0 Å². The highest BCUT2D eigenvalue weighted by Gasteiger charge is 2.18. The second-order valence-electron chi connectivity index (χ2n) is 5.36. The average Bonchev–Trinajstić information content (AvgIpc) is 2.65. The van der Waals surface area contributed by atoms with E-state index in [1.54, 1.807) is 24.3 Å². The number of benzene rings is 2. The molecule has 26 heavy (non-hydrogen) atoms. The van der Waals surface area contributed by atoms with Crippen molar-refractivity contribution in [1.82, 2.24) is 9.73 Å². The standard InChI is InChI=1S/C17H18N4O4S/c1-21(2)26(24,25)15-10-6-9-14(11-15)17(22)20-19-16(12-18-23)13-7-4-3-5-8-13/h3-12,23H,1-2H3,(H,20,22)/b18-12-,19-16-. The Kier molecular flexibility index (Phi) is 6.21. The molecule has 2 N–H and O–H groups in total. The molecule has 0 aliphatic rings. The number of nitrogens with zero attached hydrogens (tertiary/aromatic N) is 3. The minimum absolute atomic E-state index is 0.000617. The number of carbonyl (C=O) groups excluding carboxylic acids is 1. The predicted molar refractivity (Wildman–Crippen MR) is 98.0 cm³/mol. The monoisotopic (exact) mass is 374 g/mol. The molecule has 136 valence electrons. The van der Waals surface area contributed by atoms with E-state index in [9.17, 15) is 13.2 Å². The lowest BCUT2D eigenvalue weighted by molar-refractivity contribution is 0.0954. The lowest BCUT2D eigenvalue weighted by Gasteiger charge is -2.12. The van der Waals surface area contributed by atoms with Crippen molar-refractivity contribution in [3.05, 3.63) is 65.7 Å². The van der Waals surface area contributed by atoms with Crippen LogP contribution in [0.15, 0.2) is 69.7 Å². The number of rotatable bonds is 6. The Labute approximate surface area is 151 Å². The molecule has 0 atom stereocenters.